The zero-order valence-electron chi connectivity index (χ0n) is 12.6. The predicted molar refractivity (Wildman–Crippen MR) is 87.0 cm³/mol. The number of pyridine rings is 1. The van der Waals surface area contributed by atoms with Gasteiger partial charge in [-0.1, -0.05) is 32.0 Å². The molecule has 0 aliphatic heterocycles. The van der Waals surface area contributed by atoms with Gasteiger partial charge in [0.1, 0.15) is 0 Å². The predicted octanol–water partition coefficient (Wildman–Crippen LogP) is 2.28. The highest BCUT2D eigenvalue weighted by atomic mass is 32.2. The van der Waals surface area contributed by atoms with Crippen LogP contribution in [0.15, 0.2) is 30.3 Å². The quantitative estimate of drug-likeness (QED) is 0.859. The van der Waals surface area contributed by atoms with E-state index in [2.05, 4.69) is 15.0 Å². The van der Waals surface area contributed by atoms with E-state index in [9.17, 15) is 8.42 Å². The number of sulfonamides is 1. The van der Waals surface area contributed by atoms with E-state index >= 15 is 0 Å². The average molecular weight is 307 g/mol. The van der Waals surface area contributed by atoms with Gasteiger partial charge in [-0.25, -0.2) is 8.42 Å². The van der Waals surface area contributed by atoms with Crippen molar-refractivity contribution in [2.75, 3.05) is 17.0 Å². The maximum Gasteiger partial charge on any atom is 0.233 e. The molecule has 5 nitrogen and oxygen atoms in total. The number of anilines is 1. The van der Waals surface area contributed by atoms with Crippen LogP contribution in [0.3, 0.4) is 0 Å². The Kier molecular flexibility index (Phi) is 4.80. The maximum absolute atomic E-state index is 12.2. The fourth-order valence-electron chi connectivity index (χ4n) is 2.09. The van der Waals surface area contributed by atoms with Crippen molar-refractivity contribution in [3.05, 3.63) is 36.0 Å². The first kappa shape index (κ1) is 15.7. The highest BCUT2D eigenvalue weighted by Crippen LogP contribution is 2.23. The number of aromatic nitrogens is 1. The van der Waals surface area contributed by atoms with Crippen molar-refractivity contribution in [3.8, 4) is 0 Å². The fraction of sp³-hybridized carbons (Fsp3) is 0.400. The molecule has 0 unspecified atom stereocenters. The van der Waals surface area contributed by atoms with E-state index in [4.69, 9.17) is 0 Å². The molecule has 0 saturated carbocycles. The van der Waals surface area contributed by atoms with Crippen molar-refractivity contribution in [2.24, 2.45) is 0 Å². The molecule has 0 radical (unpaired) electrons. The van der Waals surface area contributed by atoms with Gasteiger partial charge in [0.05, 0.1) is 17.0 Å². The normalized spacial score (nSPS) is 12.0. The number of hydrogen-bond donors (Lipinski definition) is 2. The Hall–Kier alpha value is -1.66. The third-order valence-electron chi connectivity index (χ3n) is 3.03. The van der Waals surface area contributed by atoms with Crippen LogP contribution in [0, 0.1) is 6.92 Å². The Bertz CT molecular complexity index is 727. The van der Waals surface area contributed by atoms with Crippen molar-refractivity contribution < 1.29 is 8.42 Å². The summed E-state index contributed by atoms with van der Waals surface area (Å²) >= 11 is 0. The lowest BCUT2D eigenvalue weighted by atomic mass is 10.2. The molecule has 0 saturated heterocycles. The first-order valence-electron chi connectivity index (χ1n) is 6.97. The Morgan fingerprint density at radius 3 is 2.67 bits per heavy atom. The monoisotopic (exact) mass is 307 g/mol. The molecular weight excluding hydrogens is 286 g/mol. The summed E-state index contributed by atoms with van der Waals surface area (Å²) in [6.07, 6.45) is 0. The minimum Gasteiger partial charge on any atom is -0.313 e. The molecular formula is C15H21N3O2S. The zero-order valence-corrected chi connectivity index (χ0v) is 13.4. The number of nitrogens with zero attached hydrogens (tertiary/aromatic N) is 1. The Labute approximate surface area is 125 Å². The largest absolute Gasteiger partial charge is 0.313 e. The summed E-state index contributed by atoms with van der Waals surface area (Å²) in [5.41, 5.74) is 2.16. The molecule has 1 aromatic heterocycles. The summed E-state index contributed by atoms with van der Waals surface area (Å²) < 4.78 is 27.0. The van der Waals surface area contributed by atoms with Crippen molar-refractivity contribution >= 4 is 26.6 Å². The van der Waals surface area contributed by atoms with Crippen LogP contribution < -0.4 is 10.0 Å². The molecule has 2 aromatic rings. The molecule has 0 fully saturated rings. The second-order valence-corrected chi connectivity index (χ2v) is 7.20. The molecule has 6 heteroatoms. The number of rotatable bonds is 6. The average Bonchev–Trinajstić information content (AvgIpc) is 2.37. The first-order chi connectivity index (χ1) is 9.87. The number of benzene rings is 1. The minimum atomic E-state index is -3.38. The van der Waals surface area contributed by atoms with Gasteiger partial charge in [0.25, 0.3) is 0 Å². The summed E-state index contributed by atoms with van der Waals surface area (Å²) in [4.78, 5) is 4.40. The second kappa shape index (κ2) is 6.41. The zero-order chi connectivity index (χ0) is 15.5. The molecule has 2 rings (SSSR count). The van der Waals surface area contributed by atoms with E-state index in [-0.39, 0.29) is 11.8 Å². The lowest BCUT2D eigenvalue weighted by Gasteiger charge is -2.12. The van der Waals surface area contributed by atoms with Crippen LogP contribution in [0.2, 0.25) is 0 Å². The van der Waals surface area contributed by atoms with Crippen LogP contribution in [-0.4, -0.2) is 31.7 Å². The summed E-state index contributed by atoms with van der Waals surface area (Å²) in [5.74, 6) is 0.0425. The van der Waals surface area contributed by atoms with E-state index in [1.54, 1.807) is 6.07 Å². The number of hydrogen-bond acceptors (Lipinski definition) is 4. The summed E-state index contributed by atoms with van der Waals surface area (Å²) in [6.45, 7) is 6.25. The molecule has 21 heavy (non-hydrogen) atoms. The fourth-order valence-corrected chi connectivity index (χ4v) is 3.09. The van der Waals surface area contributed by atoms with Gasteiger partial charge in [0.15, 0.2) is 0 Å². The number of aryl methyl sites for hydroxylation is 1. The van der Waals surface area contributed by atoms with Gasteiger partial charge >= 0.3 is 0 Å². The van der Waals surface area contributed by atoms with Crippen molar-refractivity contribution in [1.82, 2.24) is 10.3 Å². The van der Waals surface area contributed by atoms with Crippen LogP contribution >= 0.6 is 0 Å². The topological polar surface area (TPSA) is 71.1 Å². The molecule has 0 atom stereocenters. The van der Waals surface area contributed by atoms with Crippen LogP contribution in [0.1, 0.15) is 19.5 Å². The van der Waals surface area contributed by atoms with Gasteiger partial charge in [-0.3, -0.25) is 9.71 Å². The minimum absolute atomic E-state index is 0.0425. The molecule has 0 spiro atoms. The molecule has 0 aliphatic carbocycles. The molecule has 0 bridgehead atoms. The van der Waals surface area contributed by atoms with Gasteiger partial charge in [-0.2, -0.15) is 0 Å². The van der Waals surface area contributed by atoms with Crippen molar-refractivity contribution in [1.29, 1.82) is 0 Å². The third kappa shape index (κ3) is 4.41. The van der Waals surface area contributed by atoms with E-state index in [1.807, 2.05) is 45.0 Å². The smallest absolute Gasteiger partial charge is 0.233 e. The van der Waals surface area contributed by atoms with Gasteiger partial charge in [-0.15, -0.1) is 0 Å². The number of nitrogens with one attached hydrogen (secondary N) is 2. The molecule has 0 amide bonds. The van der Waals surface area contributed by atoms with Crippen LogP contribution in [0.4, 0.5) is 5.69 Å². The molecule has 114 valence electrons. The van der Waals surface area contributed by atoms with E-state index < -0.39 is 10.0 Å². The molecule has 1 aromatic carbocycles. The van der Waals surface area contributed by atoms with Crippen LogP contribution in [0.25, 0.3) is 10.9 Å². The van der Waals surface area contributed by atoms with Gasteiger partial charge in [-0.05, 0) is 19.1 Å². The van der Waals surface area contributed by atoms with Gasteiger partial charge in [0, 0.05) is 23.7 Å². The van der Waals surface area contributed by atoms with Crippen molar-refractivity contribution in [2.45, 2.75) is 26.8 Å². The summed E-state index contributed by atoms with van der Waals surface area (Å²) in [5, 5.41) is 3.91. The maximum atomic E-state index is 12.2. The van der Waals surface area contributed by atoms with Crippen molar-refractivity contribution in [3.63, 3.8) is 0 Å². The Morgan fingerprint density at radius 1 is 1.24 bits per heavy atom. The first-order valence-corrected chi connectivity index (χ1v) is 8.63. The second-order valence-electron chi connectivity index (χ2n) is 5.36. The van der Waals surface area contributed by atoms with E-state index in [0.717, 1.165) is 16.6 Å². The molecule has 0 aliphatic rings. The Balaban J connectivity index is 2.22. The summed E-state index contributed by atoms with van der Waals surface area (Å²) in [6, 6.07) is 9.53. The SMILES string of the molecule is Cc1cc(NS(=O)(=O)CCNC(C)C)c2ccccc2n1. The van der Waals surface area contributed by atoms with E-state index in [0.29, 0.717) is 12.2 Å². The van der Waals surface area contributed by atoms with E-state index in [1.165, 1.54) is 0 Å². The van der Waals surface area contributed by atoms with Gasteiger partial charge in [0.2, 0.25) is 10.0 Å². The van der Waals surface area contributed by atoms with Gasteiger partial charge < -0.3 is 5.32 Å². The molecule has 1 heterocycles. The lowest BCUT2D eigenvalue weighted by molar-refractivity contribution is 0.582. The highest BCUT2D eigenvalue weighted by Gasteiger charge is 2.13. The van der Waals surface area contributed by atoms with Crippen LogP contribution in [-0.2, 0) is 10.0 Å². The molecule has 2 N–H and O–H groups in total. The Morgan fingerprint density at radius 2 is 1.95 bits per heavy atom. The highest BCUT2D eigenvalue weighted by molar-refractivity contribution is 7.92. The van der Waals surface area contributed by atoms with Crippen LogP contribution in [0.5, 0.6) is 0 Å². The number of para-hydroxylation sites is 1. The third-order valence-corrected chi connectivity index (χ3v) is 4.31. The summed E-state index contributed by atoms with van der Waals surface area (Å²) in [7, 11) is -3.38. The standard InChI is InChI=1S/C15H21N3O2S/c1-11(2)16-8-9-21(19,20)18-15-10-12(3)17-14-7-5-4-6-13(14)15/h4-7,10-11,16H,8-9H2,1-3H3,(H,17,18). The number of fused-ring (bicyclic) bond motifs is 1. The lowest BCUT2D eigenvalue weighted by Crippen LogP contribution is -2.31.